The lowest BCUT2D eigenvalue weighted by molar-refractivity contribution is -0.136. The van der Waals surface area contributed by atoms with Crippen molar-refractivity contribution < 1.29 is 9.90 Å². The molecule has 1 aromatic heterocycles. The average molecular weight is 237 g/mol. The molecule has 82 valence electrons. The predicted molar refractivity (Wildman–Crippen MR) is 60.6 cm³/mol. The van der Waals surface area contributed by atoms with Crippen LogP contribution in [0.15, 0.2) is 18.2 Å². The Balaban J connectivity index is 2.60. The number of hydrogen-bond acceptors (Lipinski definition) is 3. The van der Waals surface area contributed by atoms with Crippen LogP contribution in [-0.4, -0.2) is 21.0 Å². The summed E-state index contributed by atoms with van der Waals surface area (Å²) in [5.74, 6) is -0.737. The summed E-state index contributed by atoms with van der Waals surface area (Å²) >= 11 is 5.95. The highest BCUT2D eigenvalue weighted by atomic mass is 35.5. The topological polar surface area (TPSA) is 63.1 Å². The fraction of sp³-hybridized carbons (Fsp3) is 0.182. The van der Waals surface area contributed by atoms with E-state index in [0.717, 1.165) is 10.9 Å². The van der Waals surface area contributed by atoms with Gasteiger partial charge in [-0.25, -0.2) is 9.97 Å². The Morgan fingerprint density at radius 2 is 2.19 bits per heavy atom. The Morgan fingerprint density at radius 1 is 1.44 bits per heavy atom. The lowest BCUT2D eigenvalue weighted by Gasteiger charge is -2.03. The zero-order chi connectivity index (χ0) is 11.7. The van der Waals surface area contributed by atoms with Crippen LogP contribution in [0.25, 0.3) is 10.9 Å². The molecule has 0 aliphatic heterocycles. The van der Waals surface area contributed by atoms with Crippen LogP contribution in [0.5, 0.6) is 0 Å². The molecule has 2 rings (SSSR count). The largest absolute Gasteiger partial charge is 0.481 e. The molecule has 0 saturated carbocycles. The number of carbonyl (C=O) groups is 1. The third kappa shape index (κ3) is 2.12. The van der Waals surface area contributed by atoms with Crippen molar-refractivity contribution >= 4 is 28.5 Å². The van der Waals surface area contributed by atoms with Crippen LogP contribution < -0.4 is 0 Å². The number of halogens is 1. The number of carboxylic acids is 1. The second-order valence-electron chi connectivity index (χ2n) is 3.52. The first-order chi connectivity index (χ1) is 7.56. The van der Waals surface area contributed by atoms with Gasteiger partial charge < -0.3 is 5.11 Å². The van der Waals surface area contributed by atoms with Gasteiger partial charge in [0.2, 0.25) is 0 Å². The molecule has 0 aliphatic carbocycles. The van der Waals surface area contributed by atoms with Crippen LogP contribution in [0.1, 0.15) is 11.4 Å². The second-order valence-corrected chi connectivity index (χ2v) is 3.88. The van der Waals surface area contributed by atoms with Gasteiger partial charge in [0.05, 0.1) is 5.52 Å². The molecule has 5 heteroatoms. The Labute approximate surface area is 96.9 Å². The molecule has 0 aliphatic rings. The highest BCUT2D eigenvalue weighted by molar-refractivity contribution is 6.34. The number of nitrogens with zero attached hydrogens (tertiary/aromatic N) is 2. The smallest absolute Gasteiger partial charge is 0.311 e. The van der Waals surface area contributed by atoms with E-state index in [2.05, 4.69) is 9.97 Å². The maximum Gasteiger partial charge on any atom is 0.311 e. The van der Waals surface area contributed by atoms with E-state index in [0.29, 0.717) is 10.7 Å². The number of benzene rings is 1. The number of rotatable bonds is 2. The summed E-state index contributed by atoms with van der Waals surface area (Å²) in [7, 11) is 0. The molecule has 4 nitrogen and oxygen atoms in total. The monoisotopic (exact) mass is 236 g/mol. The molecular weight excluding hydrogens is 228 g/mol. The Morgan fingerprint density at radius 3 is 2.88 bits per heavy atom. The van der Waals surface area contributed by atoms with Crippen molar-refractivity contribution in [1.82, 2.24) is 9.97 Å². The van der Waals surface area contributed by atoms with Crippen molar-refractivity contribution in [2.45, 2.75) is 13.3 Å². The normalized spacial score (nSPS) is 10.6. The van der Waals surface area contributed by atoms with Crippen molar-refractivity contribution in [2.24, 2.45) is 0 Å². The molecule has 0 saturated heterocycles. The minimum Gasteiger partial charge on any atom is -0.481 e. The van der Waals surface area contributed by atoms with Crippen LogP contribution >= 0.6 is 11.6 Å². The summed E-state index contributed by atoms with van der Waals surface area (Å²) in [6, 6.07) is 5.60. The molecule has 0 bridgehead atoms. The van der Waals surface area contributed by atoms with E-state index >= 15 is 0 Å². The highest BCUT2D eigenvalue weighted by Gasteiger charge is 2.08. The van der Waals surface area contributed by atoms with Gasteiger partial charge in [-0.3, -0.25) is 4.79 Å². The van der Waals surface area contributed by atoms with Gasteiger partial charge in [0.15, 0.2) is 0 Å². The summed E-state index contributed by atoms with van der Waals surface area (Å²) in [4.78, 5) is 18.7. The minimum absolute atomic E-state index is 0.219. The molecule has 0 fully saturated rings. The number of hydrogen-bond donors (Lipinski definition) is 1. The van der Waals surface area contributed by atoms with E-state index in [-0.39, 0.29) is 12.2 Å². The van der Waals surface area contributed by atoms with Gasteiger partial charge >= 0.3 is 5.97 Å². The van der Waals surface area contributed by atoms with Gasteiger partial charge in [-0.05, 0) is 24.6 Å². The molecule has 0 atom stereocenters. The van der Waals surface area contributed by atoms with Gasteiger partial charge in [-0.1, -0.05) is 17.7 Å². The molecule has 16 heavy (non-hydrogen) atoms. The van der Waals surface area contributed by atoms with E-state index < -0.39 is 5.97 Å². The van der Waals surface area contributed by atoms with Crippen molar-refractivity contribution in [3.8, 4) is 0 Å². The summed E-state index contributed by atoms with van der Waals surface area (Å²) < 4.78 is 0. The molecule has 2 aromatic rings. The molecular formula is C11H9ClN2O2. The van der Waals surface area contributed by atoms with Gasteiger partial charge in [-0.15, -0.1) is 0 Å². The van der Waals surface area contributed by atoms with Crippen molar-refractivity contribution in [1.29, 1.82) is 0 Å². The summed E-state index contributed by atoms with van der Waals surface area (Å²) in [6.07, 6.45) is -0.219. The highest BCUT2D eigenvalue weighted by Crippen LogP contribution is 2.21. The SMILES string of the molecule is Cc1ccc2c(Cl)nc(CC(=O)O)nc2c1. The molecule has 1 heterocycles. The van der Waals surface area contributed by atoms with Gasteiger partial charge in [0.25, 0.3) is 0 Å². The third-order valence-electron chi connectivity index (χ3n) is 2.16. The Hall–Kier alpha value is -1.68. The summed E-state index contributed by atoms with van der Waals surface area (Å²) in [6.45, 7) is 1.94. The van der Waals surface area contributed by atoms with Crippen LogP contribution in [0, 0.1) is 6.92 Å². The lowest BCUT2D eigenvalue weighted by atomic mass is 10.2. The van der Waals surface area contributed by atoms with Crippen LogP contribution in [0.2, 0.25) is 5.15 Å². The van der Waals surface area contributed by atoms with Crippen molar-refractivity contribution in [3.05, 3.63) is 34.7 Å². The van der Waals surface area contributed by atoms with Gasteiger partial charge in [-0.2, -0.15) is 0 Å². The van der Waals surface area contributed by atoms with Crippen LogP contribution in [0.4, 0.5) is 0 Å². The predicted octanol–water partition coefficient (Wildman–Crippen LogP) is 2.22. The van der Waals surface area contributed by atoms with E-state index in [1.807, 2.05) is 25.1 Å². The first kappa shape index (κ1) is 10.8. The third-order valence-corrected chi connectivity index (χ3v) is 2.45. The maximum absolute atomic E-state index is 10.6. The first-order valence-electron chi connectivity index (χ1n) is 4.71. The van der Waals surface area contributed by atoms with Gasteiger partial charge in [0, 0.05) is 5.39 Å². The molecule has 0 amide bonds. The quantitative estimate of drug-likeness (QED) is 0.812. The molecule has 0 unspecified atom stereocenters. The standard InChI is InChI=1S/C11H9ClN2O2/c1-6-2-3-7-8(4-6)13-9(5-10(15)16)14-11(7)12/h2-4H,5H2,1H3,(H,15,16). The number of aliphatic carboxylic acids is 1. The molecule has 1 N–H and O–H groups in total. The average Bonchev–Trinajstić information content (AvgIpc) is 2.15. The second kappa shape index (κ2) is 4.06. The van der Waals surface area contributed by atoms with Crippen molar-refractivity contribution in [3.63, 3.8) is 0 Å². The Bertz CT molecular complexity index is 569. The van der Waals surface area contributed by atoms with Crippen LogP contribution in [0.3, 0.4) is 0 Å². The van der Waals surface area contributed by atoms with E-state index in [1.54, 1.807) is 0 Å². The Kier molecular flexibility index (Phi) is 2.75. The fourth-order valence-corrected chi connectivity index (χ4v) is 1.72. The fourth-order valence-electron chi connectivity index (χ4n) is 1.46. The maximum atomic E-state index is 10.6. The number of fused-ring (bicyclic) bond motifs is 1. The van der Waals surface area contributed by atoms with E-state index in [1.165, 1.54) is 0 Å². The lowest BCUT2D eigenvalue weighted by Crippen LogP contribution is -2.05. The van der Waals surface area contributed by atoms with Gasteiger partial charge in [0.1, 0.15) is 17.4 Å². The number of carboxylic acid groups (broad SMARTS) is 1. The van der Waals surface area contributed by atoms with E-state index in [4.69, 9.17) is 16.7 Å². The van der Waals surface area contributed by atoms with Crippen molar-refractivity contribution in [2.75, 3.05) is 0 Å². The molecule has 0 radical (unpaired) electrons. The van der Waals surface area contributed by atoms with Crippen LogP contribution in [-0.2, 0) is 11.2 Å². The zero-order valence-corrected chi connectivity index (χ0v) is 9.32. The molecule has 0 spiro atoms. The van der Waals surface area contributed by atoms with E-state index in [9.17, 15) is 4.79 Å². The number of aromatic nitrogens is 2. The zero-order valence-electron chi connectivity index (χ0n) is 8.57. The molecule has 1 aromatic carbocycles. The minimum atomic E-state index is -0.969. The summed E-state index contributed by atoms with van der Waals surface area (Å²) in [5, 5.41) is 9.69. The number of aryl methyl sites for hydroxylation is 1. The first-order valence-corrected chi connectivity index (χ1v) is 5.08. The summed E-state index contributed by atoms with van der Waals surface area (Å²) in [5.41, 5.74) is 1.72.